The third kappa shape index (κ3) is 4.62. The molecule has 2 rings (SSSR count). The fourth-order valence-corrected chi connectivity index (χ4v) is 2.98. The largest absolute Gasteiger partial charge is 0.316 e. The molecule has 1 atom stereocenters. The summed E-state index contributed by atoms with van der Waals surface area (Å²) in [6, 6.07) is 7.48. The molecule has 114 valence electrons. The van der Waals surface area contributed by atoms with Crippen LogP contribution >= 0.6 is 15.9 Å². The molecule has 0 spiro atoms. The summed E-state index contributed by atoms with van der Waals surface area (Å²) in [5.41, 5.74) is 0.470. The summed E-state index contributed by atoms with van der Waals surface area (Å²) >= 11 is 3.31. The molecule has 0 saturated carbocycles. The fraction of sp³-hybridized carbons (Fsp3) is 0.467. The minimum atomic E-state index is -0.366. The van der Waals surface area contributed by atoms with Crippen LogP contribution in [0.3, 0.4) is 0 Å². The Hall–Kier alpha value is -1.24. The van der Waals surface area contributed by atoms with Gasteiger partial charge in [-0.05, 0) is 54.5 Å². The van der Waals surface area contributed by atoms with Crippen molar-refractivity contribution in [2.24, 2.45) is 0 Å². The van der Waals surface area contributed by atoms with E-state index in [-0.39, 0.29) is 18.4 Å². The molecule has 2 N–H and O–H groups in total. The van der Waals surface area contributed by atoms with Gasteiger partial charge in [0, 0.05) is 17.1 Å². The molecule has 6 heteroatoms. The second-order valence-electron chi connectivity index (χ2n) is 5.22. The predicted octanol–water partition coefficient (Wildman–Crippen LogP) is 1.39. The number of imide groups is 1. The Balaban J connectivity index is 1.87. The number of carbonyl (C=O) groups is 2. The summed E-state index contributed by atoms with van der Waals surface area (Å²) < 4.78 is 0.684. The van der Waals surface area contributed by atoms with E-state index in [0.717, 1.165) is 25.9 Å². The van der Waals surface area contributed by atoms with Crippen LogP contribution in [0.1, 0.15) is 23.2 Å². The van der Waals surface area contributed by atoms with E-state index >= 15 is 0 Å². The van der Waals surface area contributed by atoms with Gasteiger partial charge in [0.2, 0.25) is 5.91 Å². The Morgan fingerprint density at radius 3 is 2.86 bits per heavy atom. The summed E-state index contributed by atoms with van der Waals surface area (Å²) in [6.45, 7) is 2.00. The van der Waals surface area contributed by atoms with Crippen LogP contribution in [0.5, 0.6) is 0 Å². The number of carbonyl (C=O) groups excluding carboxylic acids is 2. The lowest BCUT2D eigenvalue weighted by Gasteiger charge is -2.31. The smallest absolute Gasteiger partial charge is 0.259 e. The first-order valence-corrected chi connectivity index (χ1v) is 7.87. The number of likely N-dealkylation sites (tertiary alicyclic amines) is 1. The number of nitrogens with one attached hydrogen (secondary N) is 2. The molecule has 5 nitrogen and oxygen atoms in total. The van der Waals surface area contributed by atoms with Gasteiger partial charge in [0.15, 0.2) is 0 Å². The number of halogens is 1. The van der Waals surface area contributed by atoms with Crippen molar-refractivity contribution in [2.75, 3.05) is 26.7 Å². The number of amides is 2. The maximum atomic E-state index is 12.0. The summed E-state index contributed by atoms with van der Waals surface area (Å²) in [7, 11) is 1.94. The van der Waals surface area contributed by atoms with Crippen molar-refractivity contribution in [1.82, 2.24) is 15.5 Å². The van der Waals surface area contributed by atoms with E-state index in [4.69, 9.17) is 0 Å². The summed E-state index contributed by atoms with van der Waals surface area (Å²) in [5, 5.41) is 5.68. The Kier molecular flexibility index (Phi) is 5.90. The van der Waals surface area contributed by atoms with Crippen LogP contribution in [0.2, 0.25) is 0 Å². The molecule has 1 unspecified atom stereocenters. The normalized spacial score (nSPS) is 19.2. The van der Waals surface area contributed by atoms with Crippen LogP contribution in [-0.4, -0.2) is 49.4 Å². The van der Waals surface area contributed by atoms with E-state index < -0.39 is 0 Å². The zero-order chi connectivity index (χ0) is 15.2. The van der Waals surface area contributed by atoms with Crippen molar-refractivity contribution in [2.45, 2.75) is 18.9 Å². The molecular weight excluding hydrogens is 334 g/mol. The van der Waals surface area contributed by atoms with E-state index in [1.807, 2.05) is 13.1 Å². The van der Waals surface area contributed by atoms with E-state index in [1.165, 1.54) is 0 Å². The van der Waals surface area contributed by atoms with E-state index in [9.17, 15) is 9.59 Å². The third-order valence-corrected chi connectivity index (χ3v) is 4.34. The van der Waals surface area contributed by atoms with Crippen molar-refractivity contribution in [3.05, 3.63) is 34.3 Å². The number of rotatable bonds is 4. The average Bonchev–Trinajstić information content (AvgIpc) is 2.47. The van der Waals surface area contributed by atoms with Crippen LogP contribution in [0, 0.1) is 0 Å². The van der Waals surface area contributed by atoms with Crippen molar-refractivity contribution in [3.63, 3.8) is 0 Å². The highest BCUT2D eigenvalue weighted by Crippen LogP contribution is 2.15. The van der Waals surface area contributed by atoms with E-state index in [2.05, 4.69) is 31.5 Å². The highest BCUT2D eigenvalue weighted by atomic mass is 79.9. The van der Waals surface area contributed by atoms with Crippen LogP contribution in [0.25, 0.3) is 0 Å². The van der Waals surface area contributed by atoms with Crippen LogP contribution < -0.4 is 10.6 Å². The van der Waals surface area contributed by atoms with Gasteiger partial charge in [0.05, 0.1) is 12.1 Å². The molecule has 0 aliphatic carbocycles. The van der Waals surface area contributed by atoms with Crippen molar-refractivity contribution >= 4 is 27.7 Å². The quantitative estimate of drug-likeness (QED) is 0.858. The molecule has 0 radical (unpaired) electrons. The Labute approximate surface area is 133 Å². The molecule has 1 aliphatic heterocycles. The molecule has 1 heterocycles. The Morgan fingerprint density at radius 1 is 1.38 bits per heavy atom. The van der Waals surface area contributed by atoms with Gasteiger partial charge in [0.25, 0.3) is 5.91 Å². The van der Waals surface area contributed by atoms with Crippen molar-refractivity contribution < 1.29 is 9.59 Å². The van der Waals surface area contributed by atoms with Crippen LogP contribution in [-0.2, 0) is 4.79 Å². The van der Waals surface area contributed by atoms with Gasteiger partial charge in [-0.15, -0.1) is 0 Å². The topological polar surface area (TPSA) is 61.4 Å². The minimum absolute atomic E-state index is 0.257. The maximum Gasteiger partial charge on any atom is 0.259 e. The zero-order valence-corrected chi connectivity index (χ0v) is 13.6. The maximum absolute atomic E-state index is 12.0. The first-order chi connectivity index (χ1) is 10.1. The van der Waals surface area contributed by atoms with Gasteiger partial charge in [0.1, 0.15) is 0 Å². The zero-order valence-electron chi connectivity index (χ0n) is 12.1. The van der Waals surface area contributed by atoms with Crippen molar-refractivity contribution in [3.8, 4) is 0 Å². The molecule has 1 saturated heterocycles. The number of piperidine rings is 1. The second kappa shape index (κ2) is 7.68. The molecule has 0 bridgehead atoms. The van der Waals surface area contributed by atoms with Gasteiger partial charge in [-0.25, -0.2) is 0 Å². The van der Waals surface area contributed by atoms with Gasteiger partial charge >= 0.3 is 0 Å². The molecule has 1 fully saturated rings. The number of likely N-dealkylation sites (N-methyl/N-ethyl adjacent to an activating group) is 1. The highest BCUT2D eigenvalue weighted by Gasteiger charge is 2.21. The number of nitrogens with zero attached hydrogens (tertiary/aromatic N) is 1. The molecule has 21 heavy (non-hydrogen) atoms. The lowest BCUT2D eigenvalue weighted by atomic mass is 10.1. The Bertz CT molecular complexity index is 521. The van der Waals surface area contributed by atoms with Crippen LogP contribution in [0.15, 0.2) is 28.7 Å². The lowest BCUT2D eigenvalue weighted by Crippen LogP contribution is -2.48. The highest BCUT2D eigenvalue weighted by molar-refractivity contribution is 9.10. The molecule has 2 amide bonds. The van der Waals surface area contributed by atoms with Gasteiger partial charge < -0.3 is 5.32 Å². The minimum Gasteiger partial charge on any atom is -0.316 e. The third-order valence-electron chi connectivity index (χ3n) is 3.65. The molecule has 0 aromatic heterocycles. The summed E-state index contributed by atoms with van der Waals surface area (Å²) in [4.78, 5) is 26.1. The molecule has 1 aliphatic rings. The van der Waals surface area contributed by atoms with Gasteiger partial charge in [-0.1, -0.05) is 12.1 Å². The van der Waals surface area contributed by atoms with Gasteiger partial charge in [-0.2, -0.15) is 0 Å². The van der Waals surface area contributed by atoms with E-state index in [1.54, 1.807) is 18.2 Å². The molecule has 1 aromatic carbocycles. The molecular formula is C15H20BrN3O2. The summed E-state index contributed by atoms with van der Waals surface area (Å²) in [6.07, 6.45) is 2.20. The fourth-order valence-electron chi connectivity index (χ4n) is 2.52. The van der Waals surface area contributed by atoms with Crippen LogP contribution in [0.4, 0.5) is 0 Å². The first-order valence-electron chi connectivity index (χ1n) is 7.08. The predicted molar refractivity (Wildman–Crippen MR) is 85.1 cm³/mol. The average molecular weight is 354 g/mol. The lowest BCUT2D eigenvalue weighted by molar-refractivity contribution is -0.121. The number of hydrogen-bond donors (Lipinski definition) is 2. The van der Waals surface area contributed by atoms with Gasteiger partial charge in [-0.3, -0.25) is 19.8 Å². The Morgan fingerprint density at radius 2 is 2.14 bits per heavy atom. The SMILES string of the molecule is CNC1CCCN(CC(=O)NC(=O)c2ccccc2Br)C1. The van der Waals surface area contributed by atoms with E-state index in [0.29, 0.717) is 16.1 Å². The monoisotopic (exact) mass is 353 g/mol. The summed E-state index contributed by atoms with van der Waals surface area (Å²) in [5.74, 6) is -0.623. The standard InChI is InChI=1S/C15H20BrN3O2/c1-17-11-5-4-8-19(9-11)10-14(20)18-15(21)12-6-2-3-7-13(12)16/h2-3,6-7,11,17H,4-5,8-10H2,1H3,(H,18,20,21). The number of benzene rings is 1. The van der Waals surface area contributed by atoms with Crippen molar-refractivity contribution in [1.29, 1.82) is 0 Å². The second-order valence-corrected chi connectivity index (χ2v) is 6.07. The number of hydrogen-bond acceptors (Lipinski definition) is 4. The first kappa shape index (κ1) is 16.1. The molecule has 1 aromatic rings.